The molecule has 1 rings (SSSR count). The Hall–Kier alpha value is -1.23. The average molecular weight is 252 g/mol. The van der Waals surface area contributed by atoms with Gasteiger partial charge in [-0.2, -0.15) is 13.2 Å². The van der Waals surface area contributed by atoms with E-state index in [9.17, 15) is 18.0 Å². The summed E-state index contributed by atoms with van der Waals surface area (Å²) in [5.41, 5.74) is -0.119. The van der Waals surface area contributed by atoms with Gasteiger partial charge >= 0.3 is 6.18 Å². The van der Waals surface area contributed by atoms with E-state index >= 15 is 0 Å². The molecule has 16 heavy (non-hydrogen) atoms. The first-order valence-corrected chi connectivity index (χ1v) is 4.95. The molecule has 1 amide bonds. The molecule has 0 atom stereocenters. The molecule has 0 aromatic heterocycles. The van der Waals surface area contributed by atoms with Crippen LogP contribution in [0.15, 0.2) is 24.3 Å². The third-order valence-corrected chi connectivity index (χ3v) is 2.14. The van der Waals surface area contributed by atoms with Crippen LogP contribution in [0.25, 0.3) is 0 Å². The fourth-order valence-electron chi connectivity index (χ4n) is 1.06. The van der Waals surface area contributed by atoms with Crippen molar-refractivity contribution in [2.45, 2.75) is 12.7 Å². The molecule has 0 aliphatic rings. The van der Waals surface area contributed by atoms with E-state index in [1.807, 2.05) is 0 Å². The SMILES string of the molecule is O=C(CCl)NCc1ccc(C(F)(F)F)cc1. The summed E-state index contributed by atoms with van der Waals surface area (Å²) in [7, 11) is 0. The number of rotatable bonds is 3. The van der Waals surface area contributed by atoms with Crippen molar-refractivity contribution >= 4 is 17.5 Å². The summed E-state index contributed by atoms with van der Waals surface area (Å²) in [6, 6.07) is 4.58. The second-order valence-corrected chi connectivity index (χ2v) is 3.37. The van der Waals surface area contributed by atoms with Gasteiger partial charge in [0.15, 0.2) is 0 Å². The fourth-order valence-corrected chi connectivity index (χ4v) is 1.15. The van der Waals surface area contributed by atoms with Gasteiger partial charge in [0.05, 0.1) is 5.56 Å². The first kappa shape index (κ1) is 12.8. The zero-order valence-electron chi connectivity index (χ0n) is 8.14. The summed E-state index contributed by atoms with van der Waals surface area (Å²) in [6.07, 6.45) is -4.34. The summed E-state index contributed by atoms with van der Waals surface area (Å²) in [5, 5.41) is 2.45. The number of benzene rings is 1. The van der Waals surface area contributed by atoms with Crippen molar-refractivity contribution < 1.29 is 18.0 Å². The van der Waals surface area contributed by atoms with Crippen molar-refractivity contribution in [3.8, 4) is 0 Å². The highest BCUT2D eigenvalue weighted by molar-refractivity contribution is 6.27. The van der Waals surface area contributed by atoms with Crippen molar-refractivity contribution in [3.63, 3.8) is 0 Å². The Labute approximate surface area is 95.4 Å². The highest BCUT2D eigenvalue weighted by Gasteiger charge is 2.29. The molecular weight excluding hydrogens is 243 g/mol. The van der Waals surface area contributed by atoms with Crippen molar-refractivity contribution in [1.29, 1.82) is 0 Å². The molecule has 1 N–H and O–H groups in total. The highest BCUT2D eigenvalue weighted by atomic mass is 35.5. The molecule has 0 aliphatic carbocycles. The van der Waals surface area contributed by atoms with Gasteiger partial charge in [0.1, 0.15) is 5.88 Å². The molecule has 0 bridgehead atoms. The minimum Gasteiger partial charge on any atom is -0.351 e. The topological polar surface area (TPSA) is 29.1 Å². The molecule has 1 aromatic carbocycles. The Kier molecular flexibility index (Phi) is 4.18. The number of hydrogen-bond donors (Lipinski definition) is 1. The molecule has 2 nitrogen and oxygen atoms in total. The maximum absolute atomic E-state index is 12.2. The van der Waals surface area contributed by atoms with E-state index in [2.05, 4.69) is 5.32 Å². The van der Waals surface area contributed by atoms with Crippen LogP contribution in [0.1, 0.15) is 11.1 Å². The number of halogens is 4. The number of carbonyl (C=O) groups excluding carboxylic acids is 1. The monoisotopic (exact) mass is 251 g/mol. The quantitative estimate of drug-likeness (QED) is 0.822. The van der Waals surface area contributed by atoms with Gasteiger partial charge in [-0.3, -0.25) is 4.79 Å². The van der Waals surface area contributed by atoms with Crippen LogP contribution in [-0.4, -0.2) is 11.8 Å². The summed E-state index contributed by atoms with van der Waals surface area (Å²) in [6.45, 7) is 0.170. The second kappa shape index (κ2) is 5.21. The van der Waals surface area contributed by atoms with Crippen LogP contribution in [0.4, 0.5) is 13.2 Å². The largest absolute Gasteiger partial charge is 0.416 e. The summed E-state index contributed by atoms with van der Waals surface area (Å²) >= 11 is 5.24. The molecule has 0 saturated heterocycles. The average Bonchev–Trinajstić information content (AvgIpc) is 2.25. The lowest BCUT2D eigenvalue weighted by Gasteiger charge is -2.07. The Morgan fingerprint density at radius 2 is 1.81 bits per heavy atom. The molecule has 6 heteroatoms. The third-order valence-electron chi connectivity index (χ3n) is 1.89. The molecule has 0 heterocycles. The van der Waals surface area contributed by atoms with Gasteiger partial charge < -0.3 is 5.32 Å². The van der Waals surface area contributed by atoms with Gasteiger partial charge in [-0.15, -0.1) is 11.6 Å². The number of carbonyl (C=O) groups is 1. The summed E-state index contributed by atoms with van der Waals surface area (Å²) in [4.78, 5) is 10.8. The van der Waals surface area contributed by atoms with Gasteiger partial charge in [0, 0.05) is 6.54 Å². The van der Waals surface area contributed by atoms with Gasteiger partial charge in [0.2, 0.25) is 5.91 Å². The lowest BCUT2D eigenvalue weighted by atomic mass is 10.1. The fraction of sp³-hybridized carbons (Fsp3) is 0.300. The lowest BCUT2D eigenvalue weighted by Crippen LogP contribution is -2.23. The van der Waals surface area contributed by atoms with Crippen LogP contribution in [0.2, 0.25) is 0 Å². The van der Waals surface area contributed by atoms with Gasteiger partial charge in [-0.25, -0.2) is 0 Å². The zero-order chi connectivity index (χ0) is 12.2. The van der Waals surface area contributed by atoms with Crippen LogP contribution in [0.5, 0.6) is 0 Å². The van der Waals surface area contributed by atoms with Gasteiger partial charge in [-0.1, -0.05) is 12.1 Å². The first-order chi connectivity index (χ1) is 7.43. The summed E-state index contributed by atoms with van der Waals surface area (Å²) < 4.78 is 36.6. The van der Waals surface area contributed by atoms with Crippen molar-refractivity contribution in [3.05, 3.63) is 35.4 Å². The van der Waals surface area contributed by atoms with E-state index in [-0.39, 0.29) is 18.3 Å². The van der Waals surface area contributed by atoms with Gasteiger partial charge in [-0.05, 0) is 17.7 Å². The van der Waals surface area contributed by atoms with Crippen molar-refractivity contribution in [1.82, 2.24) is 5.32 Å². The van der Waals surface area contributed by atoms with Crippen molar-refractivity contribution in [2.75, 3.05) is 5.88 Å². The number of alkyl halides is 4. The smallest absolute Gasteiger partial charge is 0.351 e. The highest BCUT2D eigenvalue weighted by Crippen LogP contribution is 2.28. The minimum absolute atomic E-state index is 0.166. The third kappa shape index (κ3) is 3.73. The van der Waals surface area contributed by atoms with Crippen LogP contribution >= 0.6 is 11.6 Å². The number of nitrogens with one attached hydrogen (secondary N) is 1. The normalized spacial score (nSPS) is 11.2. The molecule has 88 valence electrons. The van der Waals surface area contributed by atoms with E-state index in [0.29, 0.717) is 5.56 Å². The first-order valence-electron chi connectivity index (χ1n) is 4.42. The molecule has 0 unspecified atom stereocenters. The molecule has 0 radical (unpaired) electrons. The van der Waals surface area contributed by atoms with Crippen LogP contribution in [-0.2, 0) is 17.5 Å². The van der Waals surface area contributed by atoms with Crippen molar-refractivity contribution in [2.24, 2.45) is 0 Å². The van der Waals surface area contributed by atoms with Crippen LogP contribution in [0.3, 0.4) is 0 Å². The Morgan fingerprint density at radius 3 is 2.25 bits per heavy atom. The number of hydrogen-bond acceptors (Lipinski definition) is 1. The molecule has 0 fully saturated rings. The molecule has 0 spiro atoms. The Bertz CT molecular complexity index is 361. The predicted molar refractivity (Wildman–Crippen MR) is 54.0 cm³/mol. The Morgan fingerprint density at radius 1 is 1.25 bits per heavy atom. The molecular formula is C10H9ClF3NO. The molecule has 0 saturated carbocycles. The predicted octanol–water partition coefficient (Wildman–Crippen LogP) is 2.56. The molecule has 0 aliphatic heterocycles. The second-order valence-electron chi connectivity index (χ2n) is 3.11. The van der Waals surface area contributed by atoms with Gasteiger partial charge in [0.25, 0.3) is 0 Å². The molecule has 1 aromatic rings. The van der Waals surface area contributed by atoms with E-state index < -0.39 is 11.7 Å². The zero-order valence-corrected chi connectivity index (χ0v) is 8.90. The van der Waals surface area contributed by atoms with E-state index in [1.165, 1.54) is 12.1 Å². The minimum atomic E-state index is -4.34. The van der Waals surface area contributed by atoms with Crippen LogP contribution in [0, 0.1) is 0 Å². The summed E-state index contributed by atoms with van der Waals surface area (Å²) in [5.74, 6) is -0.526. The van der Waals surface area contributed by atoms with E-state index in [0.717, 1.165) is 12.1 Å². The maximum atomic E-state index is 12.2. The Balaban J connectivity index is 2.62. The lowest BCUT2D eigenvalue weighted by molar-refractivity contribution is -0.137. The maximum Gasteiger partial charge on any atom is 0.416 e. The number of amides is 1. The van der Waals surface area contributed by atoms with E-state index in [4.69, 9.17) is 11.6 Å². The van der Waals surface area contributed by atoms with Crippen LogP contribution < -0.4 is 5.32 Å². The van der Waals surface area contributed by atoms with E-state index in [1.54, 1.807) is 0 Å². The standard InChI is InChI=1S/C10H9ClF3NO/c11-5-9(16)15-6-7-1-3-8(4-2-7)10(12,13)14/h1-4H,5-6H2,(H,15,16).